The van der Waals surface area contributed by atoms with Gasteiger partial charge in [-0.3, -0.25) is 9.69 Å². The Morgan fingerprint density at radius 1 is 1.30 bits per heavy atom. The van der Waals surface area contributed by atoms with E-state index in [1.807, 2.05) is 4.90 Å². The quantitative estimate of drug-likeness (QED) is 0.874. The lowest BCUT2D eigenvalue weighted by Gasteiger charge is -2.19. The Hall–Kier alpha value is -1.76. The lowest BCUT2D eigenvalue weighted by atomic mass is 10.2. The van der Waals surface area contributed by atoms with Crippen LogP contribution in [0.4, 0.5) is 13.2 Å². The number of benzene rings is 1. The average molecular weight is 289 g/mol. The van der Waals surface area contributed by atoms with E-state index in [2.05, 4.69) is 4.74 Å². The van der Waals surface area contributed by atoms with Gasteiger partial charge in [-0.15, -0.1) is 13.2 Å². The van der Waals surface area contributed by atoms with Crippen molar-refractivity contribution in [3.05, 3.63) is 29.8 Å². The number of nitrogens with zero attached hydrogens (tertiary/aromatic N) is 1. The Labute approximate surface area is 113 Å². The predicted molar refractivity (Wildman–Crippen MR) is 64.2 cm³/mol. The molecular formula is C13H14F3NO3. The molecule has 2 rings (SSSR count). The van der Waals surface area contributed by atoms with Gasteiger partial charge in [-0.25, -0.2) is 0 Å². The fourth-order valence-corrected chi connectivity index (χ4v) is 1.96. The molecule has 4 nitrogen and oxygen atoms in total. The summed E-state index contributed by atoms with van der Waals surface area (Å²) in [7, 11) is 0. The first-order chi connectivity index (χ1) is 9.33. The molecular weight excluding hydrogens is 275 g/mol. The van der Waals surface area contributed by atoms with Crippen molar-refractivity contribution in [1.29, 1.82) is 0 Å². The van der Waals surface area contributed by atoms with Gasteiger partial charge in [0.2, 0.25) is 0 Å². The maximum Gasteiger partial charge on any atom is 0.573 e. The van der Waals surface area contributed by atoms with Crippen LogP contribution in [0.15, 0.2) is 24.3 Å². The summed E-state index contributed by atoms with van der Waals surface area (Å²) >= 11 is 0. The lowest BCUT2D eigenvalue weighted by Crippen LogP contribution is -2.31. The van der Waals surface area contributed by atoms with Crippen LogP contribution in [0.2, 0.25) is 0 Å². The van der Waals surface area contributed by atoms with Crippen LogP contribution in [0.1, 0.15) is 18.4 Å². The van der Waals surface area contributed by atoms with Crippen molar-refractivity contribution < 1.29 is 27.8 Å². The third-order valence-electron chi connectivity index (χ3n) is 2.94. The van der Waals surface area contributed by atoms with Crippen LogP contribution in [-0.2, 0) is 11.3 Å². The average Bonchev–Trinajstić information content (AvgIpc) is 3.12. The molecule has 0 atom stereocenters. The van der Waals surface area contributed by atoms with Crippen LogP contribution in [0.3, 0.4) is 0 Å². The number of rotatable bonds is 6. The van der Waals surface area contributed by atoms with Crippen LogP contribution in [0.25, 0.3) is 0 Å². The molecule has 0 heterocycles. The number of ether oxygens (including phenoxy) is 1. The van der Waals surface area contributed by atoms with E-state index in [1.165, 1.54) is 24.3 Å². The maximum absolute atomic E-state index is 12.0. The highest BCUT2D eigenvalue weighted by molar-refractivity contribution is 5.69. The van der Waals surface area contributed by atoms with Gasteiger partial charge < -0.3 is 9.84 Å². The molecule has 1 saturated carbocycles. The first-order valence-electron chi connectivity index (χ1n) is 6.14. The molecule has 0 amide bonds. The fourth-order valence-electron chi connectivity index (χ4n) is 1.96. The van der Waals surface area contributed by atoms with Crippen molar-refractivity contribution in [3.63, 3.8) is 0 Å². The van der Waals surface area contributed by atoms with E-state index >= 15 is 0 Å². The number of alkyl halides is 3. The van der Waals surface area contributed by atoms with Gasteiger partial charge in [-0.05, 0) is 30.5 Å². The molecule has 1 aliphatic carbocycles. The largest absolute Gasteiger partial charge is 0.573 e. The maximum atomic E-state index is 12.0. The molecule has 1 aliphatic rings. The van der Waals surface area contributed by atoms with E-state index in [9.17, 15) is 18.0 Å². The number of carboxylic acids is 1. The SMILES string of the molecule is O=C(O)CN(Cc1ccc(OC(F)(F)F)cc1)C1CC1. The summed E-state index contributed by atoms with van der Waals surface area (Å²) < 4.78 is 39.8. The van der Waals surface area contributed by atoms with Gasteiger partial charge in [0.1, 0.15) is 5.75 Å². The fraction of sp³-hybridized carbons (Fsp3) is 0.462. The van der Waals surface area contributed by atoms with Gasteiger partial charge >= 0.3 is 12.3 Å². The molecule has 0 spiro atoms. The van der Waals surface area contributed by atoms with Crippen LogP contribution in [0.5, 0.6) is 5.75 Å². The second kappa shape index (κ2) is 5.70. The first-order valence-corrected chi connectivity index (χ1v) is 6.14. The molecule has 110 valence electrons. The molecule has 0 aliphatic heterocycles. The molecule has 0 radical (unpaired) electrons. The zero-order valence-electron chi connectivity index (χ0n) is 10.6. The Kier molecular flexibility index (Phi) is 4.17. The van der Waals surface area contributed by atoms with Gasteiger partial charge in [0.25, 0.3) is 0 Å². The molecule has 1 aromatic rings. The van der Waals surface area contributed by atoms with Crippen molar-refractivity contribution in [2.45, 2.75) is 31.8 Å². The van der Waals surface area contributed by atoms with Crippen LogP contribution in [-0.4, -0.2) is 34.9 Å². The van der Waals surface area contributed by atoms with Gasteiger partial charge in [-0.1, -0.05) is 12.1 Å². The predicted octanol–water partition coefficient (Wildman–Crippen LogP) is 2.63. The van der Waals surface area contributed by atoms with E-state index in [1.54, 1.807) is 0 Å². The summed E-state index contributed by atoms with van der Waals surface area (Å²) in [6.45, 7) is 0.342. The summed E-state index contributed by atoms with van der Waals surface area (Å²) in [6, 6.07) is 5.75. The molecule has 0 saturated heterocycles. The topological polar surface area (TPSA) is 49.8 Å². The Balaban J connectivity index is 1.96. The molecule has 0 unspecified atom stereocenters. The zero-order valence-corrected chi connectivity index (χ0v) is 10.6. The van der Waals surface area contributed by atoms with Gasteiger partial charge in [0.15, 0.2) is 0 Å². The minimum Gasteiger partial charge on any atom is -0.480 e. The summed E-state index contributed by atoms with van der Waals surface area (Å²) in [5.41, 5.74) is 0.757. The highest BCUT2D eigenvalue weighted by Crippen LogP contribution is 2.29. The minimum absolute atomic E-state index is 0.0640. The number of halogens is 3. The molecule has 1 fully saturated rings. The molecule has 20 heavy (non-hydrogen) atoms. The molecule has 0 aromatic heterocycles. The van der Waals surface area contributed by atoms with Gasteiger partial charge in [0.05, 0.1) is 6.54 Å². The Bertz CT molecular complexity index is 469. The van der Waals surface area contributed by atoms with Crippen LogP contribution in [0, 0.1) is 0 Å². The normalized spacial score (nSPS) is 15.4. The Morgan fingerprint density at radius 3 is 2.35 bits per heavy atom. The molecule has 7 heteroatoms. The van der Waals surface area contributed by atoms with E-state index in [0.29, 0.717) is 6.54 Å². The third-order valence-corrected chi connectivity index (χ3v) is 2.94. The summed E-state index contributed by atoms with van der Waals surface area (Å²) in [5, 5.41) is 8.82. The van der Waals surface area contributed by atoms with Gasteiger partial charge in [0, 0.05) is 12.6 Å². The molecule has 1 N–H and O–H groups in total. The zero-order chi connectivity index (χ0) is 14.8. The van der Waals surface area contributed by atoms with Crippen molar-refractivity contribution in [3.8, 4) is 5.75 Å². The van der Waals surface area contributed by atoms with E-state index in [0.717, 1.165) is 18.4 Å². The minimum atomic E-state index is -4.70. The van der Waals surface area contributed by atoms with Crippen LogP contribution >= 0.6 is 0 Å². The monoisotopic (exact) mass is 289 g/mol. The second-order valence-electron chi connectivity index (χ2n) is 4.72. The van der Waals surface area contributed by atoms with Crippen molar-refractivity contribution in [1.82, 2.24) is 4.90 Å². The highest BCUT2D eigenvalue weighted by Gasteiger charge is 2.31. The number of hydrogen-bond donors (Lipinski definition) is 1. The lowest BCUT2D eigenvalue weighted by molar-refractivity contribution is -0.274. The van der Waals surface area contributed by atoms with E-state index in [4.69, 9.17) is 5.11 Å². The van der Waals surface area contributed by atoms with Crippen LogP contribution < -0.4 is 4.74 Å². The highest BCUT2D eigenvalue weighted by atomic mass is 19.4. The third kappa shape index (κ3) is 4.73. The number of aliphatic carboxylic acids is 1. The van der Waals surface area contributed by atoms with Crippen molar-refractivity contribution >= 4 is 5.97 Å². The number of carbonyl (C=O) groups is 1. The standard InChI is InChI=1S/C13H14F3NO3/c14-13(15,16)20-11-5-1-9(2-6-11)7-17(8-12(18)19)10-3-4-10/h1-2,5-6,10H,3-4,7-8H2,(H,18,19). The van der Waals surface area contributed by atoms with E-state index < -0.39 is 12.3 Å². The molecule has 0 bridgehead atoms. The van der Waals surface area contributed by atoms with E-state index in [-0.39, 0.29) is 18.3 Å². The summed E-state index contributed by atoms with van der Waals surface area (Å²) in [6.07, 6.45) is -2.78. The molecule has 1 aromatic carbocycles. The second-order valence-corrected chi connectivity index (χ2v) is 4.72. The van der Waals surface area contributed by atoms with Crippen molar-refractivity contribution in [2.75, 3.05) is 6.54 Å². The van der Waals surface area contributed by atoms with Crippen molar-refractivity contribution in [2.24, 2.45) is 0 Å². The Morgan fingerprint density at radius 2 is 1.90 bits per heavy atom. The number of hydrogen-bond acceptors (Lipinski definition) is 3. The number of carboxylic acid groups (broad SMARTS) is 1. The van der Waals surface area contributed by atoms with Gasteiger partial charge in [-0.2, -0.15) is 0 Å². The summed E-state index contributed by atoms with van der Waals surface area (Å²) in [5.74, 6) is -1.19. The smallest absolute Gasteiger partial charge is 0.480 e. The summed E-state index contributed by atoms with van der Waals surface area (Å²) in [4.78, 5) is 12.6. The first kappa shape index (κ1) is 14.6.